The van der Waals surface area contributed by atoms with Crippen molar-refractivity contribution in [3.63, 3.8) is 0 Å². The summed E-state index contributed by atoms with van der Waals surface area (Å²) in [6, 6.07) is 14.2. The van der Waals surface area contributed by atoms with Crippen molar-refractivity contribution in [1.82, 2.24) is 14.4 Å². The zero-order valence-corrected chi connectivity index (χ0v) is 23.5. The monoisotopic (exact) mass is 533 g/mol. The molecule has 0 N–H and O–H groups in total. The molecule has 0 spiro atoms. The summed E-state index contributed by atoms with van der Waals surface area (Å²) in [4.78, 5) is 18.5. The third kappa shape index (κ3) is 4.91. The summed E-state index contributed by atoms with van der Waals surface area (Å²) in [7, 11) is -3.22. The molecule has 0 bridgehead atoms. The molecule has 0 radical (unpaired) electrons. The highest BCUT2D eigenvalue weighted by atomic mass is 32.2. The Kier molecular flexibility index (Phi) is 6.85. The van der Waals surface area contributed by atoms with Crippen molar-refractivity contribution in [3.05, 3.63) is 64.8 Å². The van der Waals surface area contributed by atoms with E-state index >= 15 is 0 Å². The third-order valence-electron chi connectivity index (χ3n) is 9.13. The maximum atomic E-state index is 13.5. The van der Waals surface area contributed by atoms with Crippen LogP contribution in [-0.2, 0) is 29.3 Å². The topological polar surface area (TPSA) is 62.6 Å². The number of rotatable bonds is 5. The lowest BCUT2D eigenvalue weighted by atomic mass is 9.98. The van der Waals surface area contributed by atoms with E-state index in [0.29, 0.717) is 23.4 Å². The van der Waals surface area contributed by atoms with Gasteiger partial charge in [-0.2, -0.15) is 0 Å². The van der Waals surface area contributed by atoms with Gasteiger partial charge in [0.25, 0.3) is 5.91 Å². The summed E-state index contributed by atoms with van der Waals surface area (Å²) in [6.07, 6.45) is 9.63. The molecule has 2 fully saturated rings. The zero-order chi connectivity index (χ0) is 26.4. The standard InChI is InChI=1S/C31H39N3O3S/c1-22-13-16-32(17-14-22)31(35)24-9-12-29-27(19-24)28-21-33(25-5-3-4-6-25)18-15-30(28)34(29)20-23-7-10-26(11-8-23)38(2,36)37/h7-12,19,22,25H,3-6,13-18,20-21H2,1-2H3. The Morgan fingerprint density at radius 1 is 0.947 bits per heavy atom. The van der Waals surface area contributed by atoms with Crippen molar-refractivity contribution in [3.8, 4) is 0 Å². The SMILES string of the molecule is CC1CCN(C(=O)c2ccc3c(c2)c2c(n3Cc3ccc(S(C)(=O)=O)cc3)CCN(C3CCCC3)C2)CC1. The summed E-state index contributed by atoms with van der Waals surface area (Å²) < 4.78 is 26.3. The Balaban J connectivity index is 1.37. The molecule has 0 unspecified atom stereocenters. The molecule has 3 aliphatic rings. The maximum absolute atomic E-state index is 13.5. The van der Waals surface area contributed by atoms with E-state index < -0.39 is 9.84 Å². The summed E-state index contributed by atoms with van der Waals surface area (Å²) in [5.41, 5.74) is 5.77. The lowest BCUT2D eigenvalue weighted by Gasteiger charge is -2.33. The van der Waals surface area contributed by atoms with Gasteiger partial charge in [0.15, 0.2) is 9.84 Å². The number of nitrogens with zero attached hydrogens (tertiary/aromatic N) is 3. The van der Waals surface area contributed by atoms with Gasteiger partial charge >= 0.3 is 0 Å². The number of amides is 1. The van der Waals surface area contributed by atoms with Crippen LogP contribution >= 0.6 is 0 Å². The average molecular weight is 534 g/mol. The summed E-state index contributed by atoms with van der Waals surface area (Å²) in [5, 5.41) is 1.20. The molecule has 202 valence electrons. The largest absolute Gasteiger partial charge is 0.340 e. The van der Waals surface area contributed by atoms with Crippen LogP contribution in [0.25, 0.3) is 10.9 Å². The lowest BCUT2D eigenvalue weighted by molar-refractivity contribution is 0.0697. The predicted molar refractivity (Wildman–Crippen MR) is 151 cm³/mol. The Morgan fingerprint density at radius 3 is 2.34 bits per heavy atom. The molecule has 3 heterocycles. The van der Waals surface area contributed by atoms with E-state index in [1.807, 2.05) is 23.1 Å². The van der Waals surface area contributed by atoms with Gasteiger partial charge in [-0.05, 0) is 73.1 Å². The normalized spacial score (nSPS) is 19.8. The molecule has 2 aromatic carbocycles. The van der Waals surface area contributed by atoms with Gasteiger partial charge in [-0.25, -0.2) is 8.42 Å². The minimum absolute atomic E-state index is 0.153. The van der Waals surface area contributed by atoms with E-state index in [-0.39, 0.29) is 5.91 Å². The van der Waals surface area contributed by atoms with Crippen molar-refractivity contribution in [1.29, 1.82) is 0 Å². The second-order valence-electron chi connectivity index (χ2n) is 11.8. The van der Waals surface area contributed by atoms with Crippen molar-refractivity contribution in [2.24, 2.45) is 5.92 Å². The van der Waals surface area contributed by atoms with Crippen molar-refractivity contribution >= 4 is 26.6 Å². The van der Waals surface area contributed by atoms with Crippen LogP contribution in [-0.4, -0.2) is 60.6 Å². The third-order valence-corrected chi connectivity index (χ3v) is 10.3. The van der Waals surface area contributed by atoms with Gasteiger partial charge in [0.1, 0.15) is 0 Å². The number of piperidine rings is 1. The molecular formula is C31H39N3O3S. The number of likely N-dealkylation sites (tertiary alicyclic amines) is 1. The molecule has 0 atom stereocenters. The number of benzene rings is 2. The number of hydrogen-bond acceptors (Lipinski definition) is 4. The number of carbonyl (C=O) groups excluding carboxylic acids is 1. The minimum atomic E-state index is -3.22. The molecule has 6 rings (SSSR count). The van der Waals surface area contributed by atoms with Crippen LogP contribution in [0.4, 0.5) is 0 Å². The molecule has 7 heteroatoms. The molecule has 1 aliphatic carbocycles. The van der Waals surface area contributed by atoms with E-state index in [1.54, 1.807) is 12.1 Å². The number of fused-ring (bicyclic) bond motifs is 3. The van der Waals surface area contributed by atoms with Crippen LogP contribution in [0.15, 0.2) is 47.4 Å². The van der Waals surface area contributed by atoms with Crippen LogP contribution in [0.5, 0.6) is 0 Å². The fourth-order valence-corrected chi connectivity index (χ4v) is 7.41. The van der Waals surface area contributed by atoms with Crippen molar-refractivity contribution in [2.75, 3.05) is 25.9 Å². The fourth-order valence-electron chi connectivity index (χ4n) is 6.78. The van der Waals surface area contributed by atoms with Crippen LogP contribution in [0.2, 0.25) is 0 Å². The Morgan fingerprint density at radius 2 is 1.66 bits per heavy atom. The Labute approximate surface area is 226 Å². The van der Waals surface area contributed by atoms with E-state index in [4.69, 9.17) is 0 Å². The average Bonchev–Trinajstić information content (AvgIpc) is 3.55. The first-order chi connectivity index (χ1) is 18.3. The van der Waals surface area contributed by atoms with Crippen LogP contribution in [0.1, 0.15) is 72.6 Å². The van der Waals surface area contributed by atoms with Crippen molar-refractivity contribution < 1.29 is 13.2 Å². The Hall–Kier alpha value is -2.64. The van der Waals surface area contributed by atoms with Crippen molar-refractivity contribution in [2.45, 2.75) is 75.9 Å². The number of aromatic nitrogens is 1. The molecule has 1 saturated carbocycles. The fraction of sp³-hybridized carbons (Fsp3) is 0.516. The second kappa shape index (κ2) is 10.2. The summed E-state index contributed by atoms with van der Waals surface area (Å²) in [5.74, 6) is 0.843. The van der Waals surface area contributed by atoms with E-state index in [0.717, 1.165) is 56.6 Å². The van der Waals surface area contributed by atoms with Crippen LogP contribution in [0.3, 0.4) is 0 Å². The summed E-state index contributed by atoms with van der Waals surface area (Å²) in [6.45, 7) is 6.66. The van der Waals surface area contributed by atoms with Crippen LogP contribution in [0, 0.1) is 5.92 Å². The first-order valence-corrected chi connectivity index (χ1v) is 16.1. The molecule has 6 nitrogen and oxygen atoms in total. The quantitative estimate of drug-likeness (QED) is 0.449. The first kappa shape index (κ1) is 25.6. The molecule has 3 aromatic rings. The molecule has 1 amide bonds. The molecule has 38 heavy (non-hydrogen) atoms. The van der Waals surface area contributed by atoms with Gasteiger partial charge in [0.2, 0.25) is 0 Å². The zero-order valence-electron chi connectivity index (χ0n) is 22.7. The smallest absolute Gasteiger partial charge is 0.253 e. The molecule has 1 aromatic heterocycles. The number of carbonyl (C=O) groups is 1. The molecule has 2 aliphatic heterocycles. The predicted octanol–water partition coefficient (Wildman–Crippen LogP) is 5.27. The second-order valence-corrected chi connectivity index (χ2v) is 13.8. The van der Waals surface area contributed by atoms with Gasteiger partial charge in [-0.15, -0.1) is 0 Å². The maximum Gasteiger partial charge on any atom is 0.253 e. The van der Waals surface area contributed by atoms with Crippen LogP contribution < -0.4 is 0 Å². The molecular weight excluding hydrogens is 494 g/mol. The Bertz CT molecular complexity index is 1440. The van der Waals surface area contributed by atoms with Gasteiger partial charge in [-0.3, -0.25) is 9.69 Å². The van der Waals surface area contributed by atoms with Gasteiger partial charge in [0, 0.05) is 73.6 Å². The first-order valence-electron chi connectivity index (χ1n) is 14.2. The van der Waals surface area contributed by atoms with Gasteiger partial charge in [0.05, 0.1) is 4.90 Å². The number of sulfone groups is 1. The van der Waals surface area contributed by atoms with Gasteiger partial charge < -0.3 is 9.47 Å². The highest BCUT2D eigenvalue weighted by Crippen LogP contribution is 2.36. The van der Waals surface area contributed by atoms with Gasteiger partial charge in [-0.1, -0.05) is 31.9 Å². The minimum Gasteiger partial charge on any atom is -0.340 e. The molecule has 1 saturated heterocycles. The number of hydrogen-bond donors (Lipinski definition) is 0. The summed E-state index contributed by atoms with van der Waals surface area (Å²) >= 11 is 0. The van der Waals surface area contributed by atoms with E-state index in [2.05, 4.69) is 28.5 Å². The lowest BCUT2D eigenvalue weighted by Crippen LogP contribution is -2.38. The van der Waals surface area contributed by atoms with E-state index in [9.17, 15) is 13.2 Å². The van der Waals surface area contributed by atoms with E-state index in [1.165, 1.54) is 54.1 Å². The highest BCUT2D eigenvalue weighted by Gasteiger charge is 2.30. The highest BCUT2D eigenvalue weighted by molar-refractivity contribution is 7.90.